The van der Waals surface area contributed by atoms with Crippen molar-refractivity contribution in [3.8, 4) is 16.9 Å². The van der Waals surface area contributed by atoms with Gasteiger partial charge >= 0.3 is 0 Å². The standard InChI is InChI=1S/C15H17NO2/c1-4-5-12-14(17)13(15(16)18-12)11-8-9(2)6-7-10(11)3/h4,6-8,17H,1,5,16H2,2-3H3. The molecule has 0 saturated heterocycles. The summed E-state index contributed by atoms with van der Waals surface area (Å²) in [4.78, 5) is 0. The molecule has 0 fully saturated rings. The Morgan fingerprint density at radius 3 is 2.78 bits per heavy atom. The van der Waals surface area contributed by atoms with Crippen LogP contribution in [0.3, 0.4) is 0 Å². The quantitative estimate of drug-likeness (QED) is 0.810. The molecule has 1 aromatic heterocycles. The van der Waals surface area contributed by atoms with Crippen molar-refractivity contribution < 1.29 is 9.52 Å². The Kier molecular flexibility index (Phi) is 3.15. The third-order valence-electron chi connectivity index (χ3n) is 2.97. The van der Waals surface area contributed by atoms with Crippen molar-refractivity contribution in [1.82, 2.24) is 0 Å². The molecule has 3 heteroatoms. The van der Waals surface area contributed by atoms with Gasteiger partial charge in [-0.1, -0.05) is 29.8 Å². The molecule has 0 bridgehead atoms. The van der Waals surface area contributed by atoms with Crippen LogP contribution in [0.25, 0.3) is 11.1 Å². The van der Waals surface area contributed by atoms with Crippen molar-refractivity contribution in [2.75, 3.05) is 5.73 Å². The predicted molar refractivity (Wildman–Crippen MR) is 73.6 cm³/mol. The van der Waals surface area contributed by atoms with E-state index in [0.29, 0.717) is 17.7 Å². The number of aromatic hydroxyl groups is 1. The smallest absolute Gasteiger partial charge is 0.202 e. The van der Waals surface area contributed by atoms with E-state index in [2.05, 4.69) is 6.58 Å². The summed E-state index contributed by atoms with van der Waals surface area (Å²) < 4.78 is 5.39. The highest BCUT2D eigenvalue weighted by Gasteiger charge is 2.19. The van der Waals surface area contributed by atoms with Gasteiger partial charge in [0.1, 0.15) is 0 Å². The van der Waals surface area contributed by atoms with Gasteiger partial charge < -0.3 is 15.3 Å². The summed E-state index contributed by atoms with van der Waals surface area (Å²) in [7, 11) is 0. The first-order valence-corrected chi connectivity index (χ1v) is 5.83. The van der Waals surface area contributed by atoms with Crippen LogP contribution in [0, 0.1) is 13.8 Å². The Bertz CT molecular complexity index is 597. The molecule has 0 amide bonds. The van der Waals surface area contributed by atoms with Crippen LogP contribution in [-0.4, -0.2) is 5.11 Å². The zero-order valence-electron chi connectivity index (χ0n) is 10.7. The van der Waals surface area contributed by atoms with E-state index in [0.717, 1.165) is 16.7 Å². The van der Waals surface area contributed by atoms with E-state index in [1.807, 2.05) is 32.0 Å². The van der Waals surface area contributed by atoms with Crippen molar-refractivity contribution in [2.45, 2.75) is 20.3 Å². The predicted octanol–water partition coefficient (Wildman–Crippen LogP) is 3.58. The molecule has 1 aromatic carbocycles. The van der Waals surface area contributed by atoms with Gasteiger partial charge in [-0.2, -0.15) is 0 Å². The molecule has 94 valence electrons. The van der Waals surface area contributed by atoms with E-state index < -0.39 is 0 Å². The minimum atomic E-state index is 0.112. The van der Waals surface area contributed by atoms with Crippen molar-refractivity contribution >= 4 is 5.88 Å². The highest BCUT2D eigenvalue weighted by molar-refractivity contribution is 5.82. The molecular weight excluding hydrogens is 226 g/mol. The fourth-order valence-corrected chi connectivity index (χ4v) is 2.02. The van der Waals surface area contributed by atoms with Gasteiger partial charge in [0.25, 0.3) is 0 Å². The van der Waals surface area contributed by atoms with E-state index in [-0.39, 0.29) is 11.6 Å². The van der Waals surface area contributed by atoms with Gasteiger partial charge in [0.05, 0.1) is 5.56 Å². The highest BCUT2D eigenvalue weighted by atomic mass is 16.4. The van der Waals surface area contributed by atoms with E-state index in [9.17, 15) is 5.11 Å². The Morgan fingerprint density at radius 2 is 2.11 bits per heavy atom. The number of anilines is 1. The normalized spacial score (nSPS) is 10.6. The van der Waals surface area contributed by atoms with E-state index in [1.54, 1.807) is 6.08 Å². The topological polar surface area (TPSA) is 59.4 Å². The summed E-state index contributed by atoms with van der Waals surface area (Å²) in [6.07, 6.45) is 2.13. The monoisotopic (exact) mass is 243 g/mol. The molecule has 0 aliphatic rings. The van der Waals surface area contributed by atoms with Gasteiger partial charge in [0.2, 0.25) is 5.88 Å². The lowest BCUT2D eigenvalue weighted by Crippen LogP contribution is -1.89. The van der Waals surface area contributed by atoms with Crippen molar-refractivity contribution in [3.63, 3.8) is 0 Å². The molecule has 1 heterocycles. The molecule has 3 N–H and O–H groups in total. The molecule has 0 radical (unpaired) electrons. The molecule has 0 spiro atoms. The SMILES string of the molecule is C=CCc1oc(N)c(-c2cc(C)ccc2C)c1O. The van der Waals surface area contributed by atoms with Crippen LogP contribution >= 0.6 is 0 Å². The van der Waals surface area contributed by atoms with Gasteiger partial charge in [-0.15, -0.1) is 6.58 Å². The molecule has 18 heavy (non-hydrogen) atoms. The average Bonchev–Trinajstić information content (AvgIpc) is 2.59. The molecular formula is C15H17NO2. The Morgan fingerprint density at radius 1 is 1.39 bits per heavy atom. The molecule has 0 atom stereocenters. The fraction of sp³-hybridized carbons (Fsp3) is 0.200. The van der Waals surface area contributed by atoms with Gasteiger partial charge in [0.15, 0.2) is 11.5 Å². The molecule has 0 saturated carbocycles. The third-order valence-corrected chi connectivity index (χ3v) is 2.97. The summed E-state index contributed by atoms with van der Waals surface area (Å²) in [5.41, 5.74) is 9.51. The average molecular weight is 243 g/mol. The lowest BCUT2D eigenvalue weighted by Gasteiger charge is -2.06. The van der Waals surface area contributed by atoms with E-state index in [4.69, 9.17) is 10.2 Å². The number of aryl methyl sites for hydroxylation is 2. The Labute approximate surface area is 107 Å². The van der Waals surface area contributed by atoms with Crippen LogP contribution in [0.2, 0.25) is 0 Å². The maximum Gasteiger partial charge on any atom is 0.202 e. The second-order valence-corrected chi connectivity index (χ2v) is 4.42. The minimum absolute atomic E-state index is 0.112. The molecule has 0 aliphatic carbocycles. The van der Waals surface area contributed by atoms with Crippen molar-refractivity contribution in [2.24, 2.45) is 0 Å². The summed E-state index contributed by atoms with van der Waals surface area (Å²) in [6, 6.07) is 6.02. The van der Waals surface area contributed by atoms with Crippen LogP contribution in [-0.2, 0) is 6.42 Å². The number of nitrogen functional groups attached to an aromatic ring is 1. The van der Waals surface area contributed by atoms with Crippen molar-refractivity contribution in [1.29, 1.82) is 0 Å². The van der Waals surface area contributed by atoms with Gasteiger partial charge in [-0.05, 0) is 25.0 Å². The lowest BCUT2D eigenvalue weighted by atomic mass is 9.99. The van der Waals surface area contributed by atoms with E-state index in [1.165, 1.54) is 0 Å². The molecule has 2 aromatic rings. The minimum Gasteiger partial charge on any atom is -0.504 e. The maximum absolute atomic E-state index is 10.2. The van der Waals surface area contributed by atoms with E-state index >= 15 is 0 Å². The largest absolute Gasteiger partial charge is 0.504 e. The van der Waals surface area contributed by atoms with Gasteiger partial charge in [0, 0.05) is 6.42 Å². The zero-order chi connectivity index (χ0) is 13.3. The number of nitrogens with two attached hydrogens (primary N) is 1. The van der Waals surface area contributed by atoms with Crippen LogP contribution in [0.5, 0.6) is 5.75 Å². The van der Waals surface area contributed by atoms with Crippen LogP contribution in [0.15, 0.2) is 35.3 Å². The van der Waals surface area contributed by atoms with Crippen LogP contribution in [0.4, 0.5) is 5.88 Å². The first kappa shape index (κ1) is 12.3. The number of hydrogen-bond donors (Lipinski definition) is 2. The number of allylic oxidation sites excluding steroid dienone is 1. The Balaban J connectivity index is 2.63. The molecule has 3 nitrogen and oxygen atoms in total. The molecule has 0 unspecified atom stereocenters. The summed E-state index contributed by atoms with van der Waals surface area (Å²) in [6.45, 7) is 7.61. The number of furan rings is 1. The van der Waals surface area contributed by atoms with Crippen molar-refractivity contribution in [3.05, 3.63) is 47.7 Å². The number of benzene rings is 1. The number of rotatable bonds is 3. The summed E-state index contributed by atoms with van der Waals surface area (Å²) in [5, 5.41) is 10.2. The molecule has 0 aliphatic heterocycles. The second kappa shape index (κ2) is 4.61. The summed E-state index contributed by atoms with van der Waals surface area (Å²) >= 11 is 0. The maximum atomic E-state index is 10.2. The first-order chi connectivity index (χ1) is 8.54. The zero-order valence-corrected chi connectivity index (χ0v) is 10.7. The number of hydrogen-bond acceptors (Lipinski definition) is 3. The Hall–Kier alpha value is -2.16. The second-order valence-electron chi connectivity index (χ2n) is 4.42. The summed E-state index contributed by atoms with van der Waals surface area (Å²) in [5.74, 6) is 0.817. The lowest BCUT2D eigenvalue weighted by molar-refractivity contribution is 0.441. The first-order valence-electron chi connectivity index (χ1n) is 5.83. The molecule has 2 rings (SSSR count). The van der Waals surface area contributed by atoms with Crippen LogP contribution in [0.1, 0.15) is 16.9 Å². The fourth-order valence-electron chi connectivity index (χ4n) is 2.02. The van der Waals surface area contributed by atoms with Gasteiger partial charge in [-0.25, -0.2) is 0 Å². The van der Waals surface area contributed by atoms with Gasteiger partial charge in [-0.3, -0.25) is 0 Å². The van der Waals surface area contributed by atoms with Crippen LogP contribution < -0.4 is 5.73 Å². The highest BCUT2D eigenvalue weighted by Crippen LogP contribution is 2.41. The third kappa shape index (κ3) is 1.99.